The van der Waals surface area contributed by atoms with E-state index in [0.29, 0.717) is 9.79 Å². The normalized spacial score (nSPS) is 15.6. The van der Waals surface area contributed by atoms with Crippen LogP contribution in [-0.2, 0) is 36.9 Å². The van der Waals surface area contributed by atoms with Crippen LogP contribution in [0.5, 0.6) is 0 Å². The summed E-state index contributed by atoms with van der Waals surface area (Å²) in [5.74, 6) is 0. The Kier molecular flexibility index (Phi) is 8.53. The van der Waals surface area contributed by atoms with Gasteiger partial charge >= 0.3 is 0 Å². The molecule has 8 aromatic rings. The van der Waals surface area contributed by atoms with Crippen molar-refractivity contribution in [2.75, 3.05) is 0 Å². The minimum absolute atomic E-state index is 0.00927. The molecule has 0 fully saturated rings. The maximum atomic E-state index is 14.7. The molecule has 0 bridgehead atoms. The predicted molar refractivity (Wildman–Crippen MR) is 254 cm³/mol. The number of aromatic nitrogens is 2. The van der Waals surface area contributed by atoms with E-state index in [-0.39, 0.29) is 21.7 Å². The van der Waals surface area contributed by atoms with Crippen LogP contribution in [0.2, 0.25) is 0 Å². The molecule has 1 aliphatic rings. The molecule has 3 heterocycles. The zero-order chi connectivity index (χ0) is 43.3. The molecule has 0 unspecified atom stereocenters. The number of fused-ring (bicyclic) bond motifs is 8. The summed E-state index contributed by atoms with van der Waals surface area (Å²) in [7, 11) is -3.82. The van der Waals surface area contributed by atoms with E-state index in [1.54, 1.807) is 0 Å². The monoisotopic (exact) mass is 812 g/mol. The smallest absolute Gasteiger partial charge is 0.207 e. The molecule has 0 saturated heterocycles. The van der Waals surface area contributed by atoms with Crippen molar-refractivity contribution in [1.29, 1.82) is 0 Å². The molecular weight excluding hydrogens is 753 g/mol. The minimum Gasteiger partial charge on any atom is -0.309 e. The van der Waals surface area contributed by atoms with Crippen LogP contribution < -0.4 is 0 Å². The van der Waals surface area contributed by atoms with Gasteiger partial charge in [-0.3, -0.25) is 0 Å². The van der Waals surface area contributed by atoms with Crippen LogP contribution in [0.15, 0.2) is 119 Å². The van der Waals surface area contributed by atoms with Crippen LogP contribution in [0.4, 0.5) is 0 Å². The van der Waals surface area contributed by atoms with Gasteiger partial charge in [0.25, 0.3) is 0 Å². The van der Waals surface area contributed by atoms with Crippen LogP contribution in [0.3, 0.4) is 0 Å². The van der Waals surface area contributed by atoms with Gasteiger partial charge in [0, 0.05) is 38.3 Å². The molecule has 4 nitrogen and oxygen atoms in total. The number of hydrogen-bond donors (Lipinski definition) is 0. The molecule has 0 atom stereocenters. The third-order valence-corrected chi connectivity index (χ3v) is 15.2. The fourth-order valence-electron chi connectivity index (χ4n) is 9.49. The topological polar surface area (TPSA) is 44.0 Å². The molecule has 308 valence electrons. The summed E-state index contributed by atoms with van der Waals surface area (Å²) in [6, 6.07) is 39.3. The van der Waals surface area contributed by atoms with E-state index < -0.39 is 15.3 Å². The third kappa shape index (κ3) is 6.09. The van der Waals surface area contributed by atoms with Gasteiger partial charge in [0.15, 0.2) is 0 Å². The summed E-state index contributed by atoms with van der Waals surface area (Å²) >= 11 is 0. The Morgan fingerprint density at radius 1 is 0.383 bits per heavy atom. The van der Waals surface area contributed by atoms with E-state index in [1.165, 1.54) is 43.8 Å². The lowest BCUT2D eigenvalue weighted by Gasteiger charge is -2.35. The van der Waals surface area contributed by atoms with Gasteiger partial charge in [-0.1, -0.05) is 121 Å². The van der Waals surface area contributed by atoms with Crippen molar-refractivity contribution in [2.24, 2.45) is 0 Å². The van der Waals surface area contributed by atoms with Gasteiger partial charge in [-0.2, -0.15) is 0 Å². The van der Waals surface area contributed by atoms with Gasteiger partial charge < -0.3 is 9.13 Å². The van der Waals surface area contributed by atoms with Crippen molar-refractivity contribution < 1.29 is 8.42 Å². The van der Waals surface area contributed by atoms with E-state index in [0.717, 1.165) is 44.6 Å². The Morgan fingerprint density at radius 2 is 0.650 bits per heavy atom. The van der Waals surface area contributed by atoms with Gasteiger partial charge in [0.1, 0.15) is 0 Å². The molecule has 0 spiro atoms. The summed E-state index contributed by atoms with van der Waals surface area (Å²) < 4.78 is 34.1. The molecule has 9 rings (SSSR count). The van der Waals surface area contributed by atoms with Crippen LogP contribution in [0.1, 0.15) is 130 Å². The third-order valence-electron chi connectivity index (χ3n) is 13.4. The van der Waals surface area contributed by atoms with E-state index in [4.69, 9.17) is 0 Å². The molecule has 2 aromatic heterocycles. The molecule has 6 aromatic carbocycles. The number of sulfone groups is 1. The standard InChI is InChI=1S/C55H60N2O2S/c1-51(2,3)33-15-21-45-39(27-33)40-28-34(52(4,5)6)16-22-46(40)56(45)37-19-25-49-43(31-37)55(13,14)44-32-38(20-26-50(44)60(49,58)59)57-47-23-17-35(53(7,8)9)29-41(47)42-30-36(54(10,11)12)18-24-48(42)57/h15-32H,1-14H3. The van der Waals surface area contributed by atoms with Crippen LogP contribution in [0.25, 0.3) is 55.0 Å². The molecule has 1 aliphatic heterocycles. The van der Waals surface area contributed by atoms with Gasteiger partial charge in [-0.15, -0.1) is 0 Å². The minimum atomic E-state index is -3.82. The van der Waals surface area contributed by atoms with Crippen LogP contribution in [0, 0.1) is 0 Å². The van der Waals surface area contributed by atoms with E-state index >= 15 is 0 Å². The summed E-state index contributed by atoms with van der Waals surface area (Å²) in [5, 5.41) is 4.83. The molecule has 0 aliphatic carbocycles. The van der Waals surface area contributed by atoms with Crippen molar-refractivity contribution >= 4 is 53.4 Å². The average Bonchev–Trinajstić information content (AvgIpc) is 3.67. The van der Waals surface area contributed by atoms with Gasteiger partial charge in [-0.05, 0) is 140 Å². The molecule has 0 radical (unpaired) electrons. The maximum Gasteiger partial charge on any atom is 0.207 e. The number of benzene rings is 6. The van der Waals surface area contributed by atoms with Gasteiger partial charge in [-0.25, -0.2) is 8.42 Å². The lowest BCUT2D eigenvalue weighted by molar-refractivity contribution is 0.555. The van der Waals surface area contributed by atoms with Crippen LogP contribution in [-0.4, -0.2) is 17.6 Å². The second kappa shape index (κ2) is 12.7. The highest BCUT2D eigenvalue weighted by molar-refractivity contribution is 7.91. The number of hydrogen-bond acceptors (Lipinski definition) is 2. The van der Waals surface area contributed by atoms with Crippen LogP contribution >= 0.6 is 0 Å². The van der Waals surface area contributed by atoms with Crippen molar-refractivity contribution in [1.82, 2.24) is 9.13 Å². The highest BCUT2D eigenvalue weighted by Crippen LogP contribution is 2.49. The zero-order valence-corrected chi connectivity index (χ0v) is 38.8. The van der Waals surface area contributed by atoms with E-state index in [2.05, 4.69) is 191 Å². The Balaban J connectivity index is 1.26. The molecule has 0 N–H and O–H groups in total. The molecule has 60 heavy (non-hydrogen) atoms. The van der Waals surface area contributed by atoms with Crippen molar-refractivity contribution in [3.05, 3.63) is 143 Å². The SMILES string of the molecule is CC(C)(C)c1ccc2c(c1)c1cc(C(C)(C)C)ccc1n2-c1ccc2c(c1)C(C)(C)c1cc(-n3c4ccc(C(C)(C)C)cc4c4cc(C(C)(C)C)ccc43)ccc1S2(=O)=O. The second-order valence-electron chi connectivity index (χ2n) is 22.1. The second-order valence-corrected chi connectivity index (χ2v) is 24.0. The Bertz CT molecular complexity index is 2860. The van der Waals surface area contributed by atoms with Crippen molar-refractivity contribution in [2.45, 2.75) is 134 Å². The molecule has 0 amide bonds. The Hall–Kier alpha value is -5.13. The zero-order valence-electron chi connectivity index (χ0n) is 38.0. The Labute approximate surface area is 357 Å². The molecule has 5 heteroatoms. The summed E-state index contributed by atoms with van der Waals surface area (Å²) in [6.45, 7) is 31.5. The fraction of sp³-hybridized carbons (Fsp3) is 0.345. The highest BCUT2D eigenvalue weighted by atomic mass is 32.2. The highest BCUT2D eigenvalue weighted by Gasteiger charge is 2.41. The lowest BCUT2D eigenvalue weighted by Crippen LogP contribution is -2.30. The maximum absolute atomic E-state index is 14.7. The largest absolute Gasteiger partial charge is 0.309 e. The number of rotatable bonds is 2. The Morgan fingerprint density at radius 3 is 0.900 bits per heavy atom. The number of nitrogens with zero attached hydrogens (tertiary/aromatic N) is 2. The van der Waals surface area contributed by atoms with Gasteiger partial charge in [0.05, 0.1) is 31.9 Å². The van der Waals surface area contributed by atoms with E-state index in [9.17, 15) is 8.42 Å². The molecular formula is C55H60N2O2S. The first-order valence-corrected chi connectivity index (χ1v) is 23.0. The quantitative estimate of drug-likeness (QED) is 0.174. The van der Waals surface area contributed by atoms with Gasteiger partial charge in [0.2, 0.25) is 9.84 Å². The lowest BCUT2D eigenvalue weighted by atomic mass is 9.77. The summed E-state index contributed by atoms with van der Waals surface area (Å²) in [6.07, 6.45) is 0. The first kappa shape index (κ1) is 40.3. The summed E-state index contributed by atoms with van der Waals surface area (Å²) in [4.78, 5) is 0.757. The molecule has 0 saturated carbocycles. The first-order chi connectivity index (χ1) is 27.8. The van der Waals surface area contributed by atoms with Crippen molar-refractivity contribution in [3.8, 4) is 11.4 Å². The first-order valence-electron chi connectivity index (χ1n) is 21.5. The van der Waals surface area contributed by atoms with E-state index in [1.807, 2.05) is 24.3 Å². The average molecular weight is 813 g/mol. The van der Waals surface area contributed by atoms with Crippen molar-refractivity contribution in [3.63, 3.8) is 0 Å². The summed E-state index contributed by atoms with van der Waals surface area (Å²) in [5.41, 5.74) is 12.4. The predicted octanol–water partition coefficient (Wildman–Crippen LogP) is 14.5. The fourth-order valence-corrected chi connectivity index (χ4v) is 11.4.